The molecule has 2 aromatic rings. The van der Waals surface area contributed by atoms with Crippen molar-refractivity contribution in [3.05, 3.63) is 60.2 Å². The van der Waals surface area contributed by atoms with E-state index in [-0.39, 0.29) is 23.9 Å². The van der Waals surface area contributed by atoms with Crippen LogP contribution in [0.25, 0.3) is 0 Å². The smallest absolute Gasteiger partial charge is 0.270 e. The normalized spacial score (nSPS) is 20.2. The fourth-order valence-electron chi connectivity index (χ4n) is 2.96. The lowest BCUT2D eigenvalue weighted by molar-refractivity contribution is 0.0857. The topological polar surface area (TPSA) is 84.0 Å². The zero-order valence-electron chi connectivity index (χ0n) is 13.3. The van der Waals surface area contributed by atoms with E-state index in [9.17, 15) is 9.59 Å². The van der Waals surface area contributed by atoms with Crippen LogP contribution in [0.2, 0.25) is 0 Å². The summed E-state index contributed by atoms with van der Waals surface area (Å²) in [6.07, 6.45) is 6.93. The molecule has 0 unspecified atom stereocenters. The van der Waals surface area contributed by atoms with E-state index in [0.717, 1.165) is 25.7 Å². The van der Waals surface area contributed by atoms with Crippen LogP contribution in [0.1, 0.15) is 46.7 Å². The highest BCUT2D eigenvalue weighted by Gasteiger charge is 2.28. The Bertz CT molecular complexity index is 629. The van der Waals surface area contributed by atoms with Crippen molar-refractivity contribution in [1.82, 2.24) is 20.6 Å². The lowest BCUT2D eigenvalue weighted by Gasteiger charge is -2.32. The van der Waals surface area contributed by atoms with E-state index in [4.69, 9.17) is 0 Å². The van der Waals surface area contributed by atoms with Crippen LogP contribution in [0.15, 0.2) is 48.8 Å². The summed E-state index contributed by atoms with van der Waals surface area (Å²) in [5.41, 5.74) is 0.774. The highest BCUT2D eigenvalue weighted by Crippen LogP contribution is 2.19. The van der Waals surface area contributed by atoms with Crippen LogP contribution in [-0.2, 0) is 0 Å². The minimum Gasteiger partial charge on any atom is -0.346 e. The Balaban J connectivity index is 1.65. The first-order valence-corrected chi connectivity index (χ1v) is 8.18. The third-order valence-corrected chi connectivity index (χ3v) is 4.19. The molecule has 2 N–H and O–H groups in total. The molecule has 6 heteroatoms. The maximum atomic E-state index is 12.3. The molecule has 124 valence electrons. The van der Waals surface area contributed by atoms with Crippen LogP contribution < -0.4 is 10.6 Å². The number of nitrogens with zero attached hydrogens (tertiary/aromatic N) is 2. The highest BCUT2D eigenvalue weighted by molar-refractivity contribution is 5.93. The van der Waals surface area contributed by atoms with E-state index in [1.54, 1.807) is 48.8 Å². The molecule has 2 amide bonds. The summed E-state index contributed by atoms with van der Waals surface area (Å²) >= 11 is 0. The molecule has 2 aromatic heterocycles. The average Bonchev–Trinajstić information content (AvgIpc) is 2.64. The van der Waals surface area contributed by atoms with Gasteiger partial charge >= 0.3 is 0 Å². The molecule has 0 radical (unpaired) electrons. The maximum absolute atomic E-state index is 12.3. The van der Waals surface area contributed by atoms with Crippen LogP contribution in [0, 0.1) is 0 Å². The molecule has 1 fully saturated rings. The van der Waals surface area contributed by atoms with Crippen molar-refractivity contribution in [1.29, 1.82) is 0 Å². The molecule has 3 rings (SSSR count). The van der Waals surface area contributed by atoms with E-state index in [1.165, 1.54) is 0 Å². The molecule has 1 saturated carbocycles. The first-order valence-electron chi connectivity index (χ1n) is 8.18. The summed E-state index contributed by atoms with van der Waals surface area (Å²) in [7, 11) is 0. The fourth-order valence-corrected chi connectivity index (χ4v) is 2.96. The van der Waals surface area contributed by atoms with E-state index < -0.39 is 0 Å². The summed E-state index contributed by atoms with van der Waals surface area (Å²) < 4.78 is 0. The van der Waals surface area contributed by atoms with Crippen LogP contribution in [0.4, 0.5) is 0 Å². The Hall–Kier alpha value is -2.76. The highest BCUT2D eigenvalue weighted by atomic mass is 16.2. The van der Waals surface area contributed by atoms with Gasteiger partial charge in [-0.3, -0.25) is 19.6 Å². The Morgan fingerprint density at radius 3 is 1.62 bits per heavy atom. The molecule has 0 spiro atoms. The summed E-state index contributed by atoms with van der Waals surface area (Å²) in [6.45, 7) is 0. The second kappa shape index (κ2) is 7.68. The first kappa shape index (κ1) is 16.1. The summed E-state index contributed by atoms with van der Waals surface area (Å²) in [5, 5.41) is 6.01. The van der Waals surface area contributed by atoms with Gasteiger partial charge in [0.2, 0.25) is 0 Å². The predicted octanol–water partition coefficient (Wildman–Crippen LogP) is 1.95. The SMILES string of the molecule is O=C(N[C@@H]1CCCC[C@H]1NC(=O)c1ccccn1)c1ccccn1. The minimum atomic E-state index is -0.209. The number of rotatable bonds is 4. The lowest BCUT2D eigenvalue weighted by atomic mass is 9.90. The van der Waals surface area contributed by atoms with Gasteiger partial charge < -0.3 is 10.6 Å². The maximum Gasteiger partial charge on any atom is 0.270 e. The Morgan fingerprint density at radius 1 is 0.792 bits per heavy atom. The molecule has 6 nitrogen and oxygen atoms in total. The second-order valence-electron chi connectivity index (χ2n) is 5.87. The molecule has 0 aliphatic heterocycles. The molecule has 1 aliphatic rings. The number of pyridine rings is 2. The van der Waals surface area contributed by atoms with Crippen LogP contribution in [-0.4, -0.2) is 33.9 Å². The Labute approximate surface area is 140 Å². The number of aromatic nitrogens is 2. The van der Waals surface area contributed by atoms with Crippen molar-refractivity contribution in [3.8, 4) is 0 Å². The van der Waals surface area contributed by atoms with E-state index in [0.29, 0.717) is 11.4 Å². The summed E-state index contributed by atoms with van der Waals surface area (Å²) in [5.74, 6) is -0.417. The molecular formula is C18H20N4O2. The molecule has 24 heavy (non-hydrogen) atoms. The zero-order chi connectivity index (χ0) is 16.8. The van der Waals surface area contributed by atoms with Crippen molar-refractivity contribution >= 4 is 11.8 Å². The van der Waals surface area contributed by atoms with Crippen molar-refractivity contribution in [3.63, 3.8) is 0 Å². The van der Waals surface area contributed by atoms with Gasteiger partial charge in [-0.1, -0.05) is 25.0 Å². The van der Waals surface area contributed by atoms with Crippen molar-refractivity contribution in [2.45, 2.75) is 37.8 Å². The van der Waals surface area contributed by atoms with Crippen LogP contribution in [0.3, 0.4) is 0 Å². The van der Waals surface area contributed by atoms with Gasteiger partial charge in [0.25, 0.3) is 11.8 Å². The van der Waals surface area contributed by atoms with Gasteiger partial charge in [0.15, 0.2) is 0 Å². The number of hydrogen-bond acceptors (Lipinski definition) is 4. The number of carbonyl (C=O) groups excluding carboxylic acids is 2. The van der Waals surface area contributed by atoms with E-state index in [1.807, 2.05) is 0 Å². The van der Waals surface area contributed by atoms with Gasteiger partial charge in [0, 0.05) is 24.5 Å². The minimum absolute atomic E-state index is 0.0964. The third kappa shape index (κ3) is 3.95. The number of carbonyl (C=O) groups is 2. The van der Waals surface area contributed by atoms with Crippen LogP contribution in [0.5, 0.6) is 0 Å². The standard InChI is InChI=1S/C18H20N4O2/c23-17(15-9-3-5-11-19-15)21-13-7-1-2-8-14(13)22-18(24)16-10-4-6-12-20-16/h3-6,9-14H,1-2,7-8H2,(H,21,23)(H,22,24)/t13-,14-/m1/s1. The Kier molecular flexibility index (Phi) is 5.15. The van der Waals surface area contributed by atoms with Crippen molar-refractivity contribution in [2.24, 2.45) is 0 Å². The molecule has 1 aliphatic carbocycles. The predicted molar refractivity (Wildman–Crippen MR) is 89.5 cm³/mol. The van der Waals surface area contributed by atoms with Gasteiger partial charge in [0.1, 0.15) is 11.4 Å². The quantitative estimate of drug-likeness (QED) is 0.900. The van der Waals surface area contributed by atoms with Crippen LogP contribution >= 0.6 is 0 Å². The van der Waals surface area contributed by atoms with E-state index >= 15 is 0 Å². The number of nitrogens with one attached hydrogen (secondary N) is 2. The third-order valence-electron chi connectivity index (χ3n) is 4.19. The zero-order valence-corrected chi connectivity index (χ0v) is 13.3. The van der Waals surface area contributed by atoms with Gasteiger partial charge in [-0.2, -0.15) is 0 Å². The Morgan fingerprint density at radius 2 is 1.25 bits per heavy atom. The molecule has 0 saturated heterocycles. The lowest BCUT2D eigenvalue weighted by Crippen LogP contribution is -2.53. The average molecular weight is 324 g/mol. The van der Waals surface area contributed by atoms with Gasteiger partial charge in [-0.05, 0) is 37.1 Å². The van der Waals surface area contributed by atoms with Gasteiger partial charge in [-0.25, -0.2) is 0 Å². The monoisotopic (exact) mass is 324 g/mol. The largest absolute Gasteiger partial charge is 0.346 e. The second-order valence-corrected chi connectivity index (χ2v) is 5.87. The van der Waals surface area contributed by atoms with Crippen molar-refractivity contribution in [2.75, 3.05) is 0 Å². The number of amides is 2. The number of hydrogen-bond donors (Lipinski definition) is 2. The van der Waals surface area contributed by atoms with E-state index in [2.05, 4.69) is 20.6 Å². The molecule has 0 aromatic carbocycles. The molecular weight excluding hydrogens is 304 g/mol. The molecule has 0 bridgehead atoms. The summed E-state index contributed by atoms with van der Waals surface area (Å²) in [6, 6.07) is 10.3. The van der Waals surface area contributed by atoms with Crippen molar-refractivity contribution < 1.29 is 9.59 Å². The molecule has 2 heterocycles. The fraction of sp³-hybridized carbons (Fsp3) is 0.333. The summed E-state index contributed by atoms with van der Waals surface area (Å²) in [4.78, 5) is 32.8. The van der Waals surface area contributed by atoms with Gasteiger partial charge in [0.05, 0.1) is 0 Å². The first-order chi connectivity index (χ1) is 11.7. The van der Waals surface area contributed by atoms with Gasteiger partial charge in [-0.15, -0.1) is 0 Å². The molecule has 2 atom stereocenters.